The molecule has 0 aromatic carbocycles. The van der Waals surface area contributed by atoms with E-state index in [2.05, 4.69) is 5.10 Å². The molecule has 5 nitrogen and oxygen atoms in total. The number of sulfone groups is 1. The Bertz CT molecular complexity index is 502. The van der Waals surface area contributed by atoms with E-state index < -0.39 is 9.84 Å². The lowest BCUT2D eigenvalue weighted by molar-refractivity contribution is 0.504. The summed E-state index contributed by atoms with van der Waals surface area (Å²) in [5.74, 6) is 0.323. The normalized spacial score (nSPS) is 18.8. The van der Waals surface area contributed by atoms with Crippen LogP contribution in [0, 0.1) is 0 Å². The molecule has 0 saturated carbocycles. The summed E-state index contributed by atoms with van der Waals surface area (Å²) in [6.45, 7) is 4.38. The predicted octanol–water partition coefficient (Wildman–Crippen LogP) is 0.394. The van der Waals surface area contributed by atoms with Crippen LogP contribution in [0.25, 0.3) is 0 Å². The van der Waals surface area contributed by atoms with E-state index in [-0.39, 0.29) is 17.5 Å². The highest BCUT2D eigenvalue weighted by atomic mass is 32.2. The summed E-state index contributed by atoms with van der Waals surface area (Å²) in [4.78, 5) is 0. The monoisotopic (exact) mass is 243 g/mol. The van der Waals surface area contributed by atoms with E-state index in [0.29, 0.717) is 13.0 Å². The highest BCUT2D eigenvalue weighted by Gasteiger charge is 2.28. The Hall–Kier alpha value is -0.880. The van der Waals surface area contributed by atoms with Crippen LogP contribution in [-0.2, 0) is 28.6 Å². The van der Waals surface area contributed by atoms with Crippen LogP contribution in [0.3, 0.4) is 0 Å². The summed E-state index contributed by atoms with van der Waals surface area (Å²) >= 11 is 0. The van der Waals surface area contributed by atoms with Crippen LogP contribution in [0.15, 0.2) is 0 Å². The van der Waals surface area contributed by atoms with Crippen molar-refractivity contribution < 1.29 is 8.42 Å². The smallest absolute Gasteiger partial charge is 0.154 e. The molecule has 2 N–H and O–H groups in total. The third-order valence-electron chi connectivity index (χ3n) is 2.90. The fraction of sp³-hybridized carbons (Fsp3) is 0.700. The second-order valence-electron chi connectivity index (χ2n) is 4.46. The van der Waals surface area contributed by atoms with Crippen LogP contribution in [0.4, 0.5) is 0 Å². The first kappa shape index (κ1) is 11.6. The van der Waals surface area contributed by atoms with Crippen LogP contribution in [0.1, 0.15) is 36.8 Å². The Morgan fingerprint density at radius 1 is 1.50 bits per heavy atom. The molecule has 0 aliphatic carbocycles. The van der Waals surface area contributed by atoms with Crippen molar-refractivity contribution in [1.29, 1.82) is 0 Å². The molecule has 0 spiro atoms. The topological polar surface area (TPSA) is 78.0 Å². The van der Waals surface area contributed by atoms with E-state index in [9.17, 15) is 8.42 Å². The summed E-state index contributed by atoms with van der Waals surface area (Å²) in [6.07, 6.45) is 0.558. The Morgan fingerprint density at radius 2 is 2.19 bits per heavy atom. The van der Waals surface area contributed by atoms with Crippen LogP contribution in [0.5, 0.6) is 0 Å². The molecular formula is C10H17N3O2S. The van der Waals surface area contributed by atoms with Gasteiger partial charge in [0.05, 0.1) is 17.2 Å². The first-order valence-corrected chi connectivity index (χ1v) is 7.26. The van der Waals surface area contributed by atoms with Crippen LogP contribution in [0.2, 0.25) is 0 Å². The van der Waals surface area contributed by atoms with Crippen molar-refractivity contribution in [3.8, 4) is 0 Å². The molecule has 1 aromatic heterocycles. The van der Waals surface area contributed by atoms with Gasteiger partial charge >= 0.3 is 0 Å². The van der Waals surface area contributed by atoms with Gasteiger partial charge in [0, 0.05) is 30.3 Å². The predicted molar refractivity (Wildman–Crippen MR) is 61.7 cm³/mol. The maximum atomic E-state index is 11.6. The van der Waals surface area contributed by atoms with Crippen molar-refractivity contribution >= 4 is 9.84 Å². The molecule has 2 rings (SSSR count). The average molecular weight is 243 g/mol. The third-order valence-corrected chi connectivity index (χ3v) is 4.45. The minimum absolute atomic E-state index is 0.0988. The number of hydrogen-bond donors (Lipinski definition) is 1. The summed E-state index contributed by atoms with van der Waals surface area (Å²) in [5, 5.41) is 4.40. The first-order chi connectivity index (χ1) is 7.44. The second kappa shape index (κ2) is 3.85. The van der Waals surface area contributed by atoms with Gasteiger partial charge < -0.3 is 5.73 Å². The van der Waals surface area contributed by atoms with Gasteiger partial charge in [-0.05, 0) is 13.8 Å². The lowest BCUT2D eigenvalue weighted by atomic mass is 10.1. The highest BCUT2D eigenvalue weighted by molar-refractivity contribution is 7.90. The maximum Gasteiger partial charge on any atom is 0.154 e. The molecule has 1 aliphatic rings. The van der Waals surface area contributed by atoms with Gasteiger partial charge in [0.15, 0.2) is 9.84 Å². The lowest BCUT2D eigenvalue weighted by Crippen LogP contribution is -2.21. The van der Waals surface area contributed by atoms with Crippen molar-refractivity contribution in [2.24, 2.45) is 5.73 Å². The standard InChI is InChI=1S/C10H17N3O2S/c1-7(2)13-10-3-4-16(14,15)6-8(10)9(5-11)12-13/h7H,3-6,11H2,1-2H3. The lowest BCUT2D eigenvalue weighted by Gasteiger charge is -2.16. The second-order valence-corrected chi connectivity index (χ2v) is 6.64. The number of nitrogens with two attached hydrogens (primary N) is 1. The van der Waals surface area contributed by atoms with Crippen LogP contribution in [-0.4, -0.2) is 24.0 Å². The van der Waals surface area contributed by atoms with Gasteiger partial charge in [-0.1, -0.05) is 0 Å². The molecule has 0 saturated heterocycles. The highest BCUT2D eigenvalue weighted by Crippen LogP contribution is 2.26. The molecular weight excluding hydrogens is 226 g/mol. The summed E-state index contributed by atoms with van der Waals surface area (Å²) in [7, 11) is -2.95. The summed E-state index contributed by atoms with van der Waals surface area (Å²) < 4.78 is 25.1. The minimum Gasteiger partial charge on any atom is -0.325 e. The number of fused-ring (bicyclic) bond motifs is 1. The van der Waals surface area contributed by atoms with E-state index in [1.165, 1.54) is 0 Å². The largest absolute Gasteiger partial charge is 0.325 e. The first-order valence-electron chi connectivity index (χ1n) is 5.44. The van der Waals surface area contributed by atoms with Crippen molar-refractivity contribution in [2.75, 3.05) is 5.75 Å². The molecule has 0 amide bonds. The van der Waals surface area contributed by atoms with Gasteiger partial charge in [0.25, 0.3) is 0 Å². The molecule has 2 heterocycles. The molecule has 0 fully saturated rings. The van der Waals surface area contributed by atoms with Gasteiger partial charge in [-0.15, -0.1) is 0 Å². The van der Waals surface area contributed by atoms with E-state index in [4.69, 9.17) is 5.73 Å². The molecule has 0 radical (unpaired) electrons. The average Bonchev–Trinajstić information content (AvgIpc) is 2.54. The zero-order chi connectivity index (χ0) is 11.9. The van der Waals surface area contributed by atoms with Crippen molar-refractivity contribution in [2.45, 2.75) is 38.6 Å². The van der Waals surface area contributed by atoms with Gasteiger partial charge in [0.1, 0.15) is 0 Å². The van der Waals surface area contributed by atoms with E-state index in [0.717, 1.165) is 17.0 Å². The molecule has 16 heavy (non-hydrogen) atoms. The van der Waals surface area contributed by atoms with Gasteiger partial charge in [-0.2, -0.15) is 5.10 Å². The molecule has 6 heteroatoms. The van der Waals surface area contributed by atoms with E-state index in [1.54, 1.807) is 0 Å². The fourth-order valence-corrected chi connectivity index (χ4v) is 3.54. The van der Waals surface area contributed by atoms with Gasteiger partial charge in [-0.3, -0.25) is 4.68 Å². The van der Waals surface area contributed by atoms with Crippen LogP contribution >= 0.6 is 0 Å². The number of nitrogens with zero attached hydrogens (tertiary/aromatic N) is 2. The SMILES string of the molecule is CC(C)n1nc(CN)c2c1CCS(=O)(=O)C2. The van der Waals surface area contributed by atoms with E-state index in [1.807, 2.05) is 18.5 Å². The summed E-state index contributed by atoms with van der Waals surface area (Å²) in [6, 6.07) is 0.245. The zero-order valence-corrected chi connectivity index (χ0v) is 10.4. The van der Waals surface area contributed by atoms with Crippen molar-refractivity contribution in [3.05, 3.63) is 17.0 Å². The van der Waals surface area contributed by atoms with Crippen molar-refractivity contribution in [3.63, 3.8) is 0 Å². The molecule has 0 unspecified atom stereocenters. The molecule has 0 atom stereocenters. The Labute approximate surface area is 95.6 Å². The zero-order valence-electron chi connectivity index (χ0n) is 9.60. The molecule has 0 bridgehead atoms. The quantitative estimate of drug-likeness (QED) is 0.815. The molecule has 1 aromatic rings. The summed E-state index contributed by atoms with van der Waals surface area (Å²) in [5.41, 5.74) is 8.22. The van der Waals surface area contributed by atoms with Gasteiger partial charge in [-0.25, -0.2) is 8.42 Å². The Balaban J connectivity index is 2.55. The Kier molecular flexibility index (Phi) is 2.79. The fourth-order valence-electron chi connectivity index (χ4n) is 2.12. The van der Waals surface area contributed by atoms with Gasteiger partial charge in [0.2, 0.25) is 0 Å². The molecule has 1 aliphatic heterocycles. The Morgan fingerprint density at radius 3 is 2.75 bits per heavy atom. The maximum absolute atomic E-state index is 11.6. The number of aromatic nitrogens is 2. The van der Waals surface area contributed by atoms with Crippen molar-refractivity contribution in [1.82, 2.24) is 9.78 Å². The number of rotatable bonds is 2. The van der Waals surface area contributed by atoms with E-state index >= 15 is 0 Å². The minimum atomic E-state index is -2.95. The molecule has 90 valence electrons. The number of hydrogen-bond acceptors (Lipinski definition) is 4. The third kappa shape index (κ3) is 1.87. The van der Waals surface area contributed by atoms with Crippen LogP contribution < -0.4 is 5.73 Å².